The van der Waals surface area contributed by atoms with Crippen molar-refractivity contribution >= 4 is 17.3 Å². The molecule has 0 amide bonds. The van der Waals surface area contributed by atoms with Gasteiger partial charge in [-0.2, -0.15) is 0 Å². The molecule has 23 heavy (non-hydrogen) atoms. The van der Waals surface area contributed by atoms with Crippen LogP contribution in [-0.4, -0.2) is 30.2 Å². The summed E-state index contributed by atoms with van der Waals surface area (Å²) in [7, 11) is 1.68. The Morgan fingerprint density at radius 3 is 2.70 bits per heavy atom. The third-order valence-corrected chi connectivity index (χ3v) is 4.38. The Morgan fingerprint density at radius 2 is 1.96 bits per heavy atom. The van der Waals surface area contributed by atoms with Crippen molar-refractivity contribution in [2.75, 3.05) is 30.4 Å². The molecule has 3 rings (SSSR count). The number of nitrogens with zero attached hydrogens (tertiary/aromatic N) is 3. The van der Waals surface area contributed by atoms with Gasteiger partial charge in [-0.15, -0.1) is 0 Å². The summed E-state index contributed by atoms with van der Waals surface area (Å²) in [6.07, 6.45) is 4.06. The first-order valence-corrected chi connectivity index (χ1v) is 8.14. The maximum atomic E-state index is 5.41. The Bertz CT molecular complexity index is 666. The number of benzene rings is 1. The van der Waals surface area contributed by atoms with Crippen LogP contribution in [0.15, 0.2) is 30.6 Å². The molecule has 1 saturated heterocycles. The van der Waals surface area contributed by atoms with E-state index >= 15 is 0 Å². The van der Waals surface area contributed by atoms with Gasteiger partial charge < -0.3 is 15.0 Å². The number of ether oxygens (including phenoxy) is 1. The average Bonchev–Trinajstić information content (AvgIpc) is 2.56. The molecule has 0 bridgehead atoms. The highest BCUT2D eigenvalue weighted by Gasteiger charge is 2.17. The van der Waals surface area contributed by atoms with Gasteiger partial charge in [0.15, 0.2) is 0 Å². The molecule has 2 heterocycles. The molecular formula is C18H24N4O. The summed E-state index contributed by atoms with van der Waals surface area (Å²) in [6, 6.07) is 8.07. The molecule has 1 aliphatic heterocycles. The van der Waals surface area contributed by atoms with Crippen LogP contribution in [0.2, 0.25) is 0 Å². The minimum absolute atomic E-state index is 0.789. The SMILES string of the molecule is COc1ccc(C)cc1Nc1cc(N2CCC(C)CC2)ncn1. The molecule has 5 heteroatoms. The van der Waals surface area contributed by atoms with E-state index in [1.54, 1.807) is 13.4 Å². The van der Waals surface area contributed by atoms with Crippen molar-refractivity contribution in [1.82, 2.24) is 9.97 Å². The lowest BCUT2D eigenvalue weighted by atomic mass is 9.99. The van der Waals surface area contributed by atoms with Crippen molar-refractivity contribution < 1.29 is 4.74 Å². The summed E-state index contributed by atoms with van der Waals surface area (Å²) in [5.41, 5.74) is 2.09. The van der Waals surface area contributed by atoms with E-state index in [1.165, 1.54) is 18.4 Å². The maximum Gasteiger partial charge on any atom is 0.142 e. The molecule has 1 aliphatic rings. The lowest BCUT2D eigenvalue weighted by Gasteiger charge is -2.31. The molecule has 0 aliphatic carbocycles. The van der Waals surface area contributed by atoms with E-state index in [9.17, 15) is 0 Å². The fraction of sp³-hybridized carbons (Fsp3) is 0.444. The van der Waals surface area contributed by atoms with Crippen molar-refractivity contribution in [2.45, 2.75) is 26.7 Å². The average molecular weight is 312 g/mol. The lowest BCUT2D eigenvalue weighted by molar-refractivity contribution is 0.416. The van der Waals surface area contributed by atoms with E-state index in [0.717, 1.165) is 42.1 Å². The molecule has 2 aromatic rings. The fourth-order valence-electron chi connectivity index (χ4n) is 2.88. The zero-order valence-corrected chi connectivity index (χ0v) is 14.0. The van der Waals surface area contributed by atoms with Crippen LogP contribution in [0.3, 0.4) is 0 Å². The van der Waals surface area contributed by atoms with Gasteiger partial charge in [-0.3, -0.25) is 0 Å². The smallest absolute Gasteiger partial charge is 0.142 e. The van der Waals surface area contributed by atoms with Crippen LogP contribution in [0.1, 0.15) is 25.3 Å². The molecule has 0 atom stereocenters. The summed E-state index contributed by atoms with van der Waals surface area (Å²) < 4.78 is 5.41. The summed E-state index contributed by atoms with van der Waals surface area (Å²) in [5.74, 6) is 3.39. The first kappa shape index (κ1) is 15.6. The number of nitrogens with one attached hydrogen (secondary N) is 1. The van der Waals surface area contributed by atoms with E-state index in [-0.39, 0.29) is 0 Å². The lowest BCUT2D eigenvalue weighted by Crippen LogP contribution is -2.33. The normalized spacial score (nSPS) is 15.5. The quantitative estimate of drug-likeness (QED) is 0.931. The van der Waals surface area contributed by atoms with Crippen molar-refractivity contribution in [3.05, 3.63) is 36.2 Å². The Balaban J connectivity index is 1.79. The standard InChI is InChI=1S/C18H24N4O/c1-13-6-8-22(9-7-13)18-11-17(19-12-20-18)21-15-10-14(2)4-5-16(15)23-3/h4-5,10-13H,6-9H2,1-3H3,(H,19,20,21). The van der Waals surface area contributed by atoms with Gasteiger partial charge in [0, 0.05) is 19.2 Å². The van der Waals surface area contributed by atoms with Crippen LogP contribution in [0.25, 0.3) is 0 Å². The van der Waals surface area contributed by atoms with Crippen LogP contribution in [0.5, 0.6) is 5.75 Å². The third-order valence-electron chi connectivity index (χ3n) is 4.38. The van der Waals surface area contributed by atoms with E-state index in [2.05, 4.69) is 40.1 Å². The third kappa shape index (κ3) is 3.73. The van der Waals surface area contributed by atoms with Gasteiger partial charge in [0.1, 0.15) is 23.7 Å². The molecule has 1 aromatic carbocycles. The first-order valence-electron chi connectivity index (χ1n) is 8.14. The number of piperidine rings is 1. The van der Waals surface area contributed by atoms with E-state index in [1.807, 2.05) is 18.2 Å². The maximum absolute atomic E-state index is 5.41. The molecule has 0 saturated carbocycles. The number of methoxy groups -OCH3 is 1. The summed E-state index contributed by atoms with van der Waals surface area (Å²) in [4.78, 5) is 11.1. The predicted octanol–water partition coefficient (Wildman–Crippen LogP) is 3.77. The number of aromatic nitrogens is 2. The first-order chi connectivity index (χ1) is 11.2. The van der Waals surface area contributed by atoms with Gasteiger partial charge in [0.25, 0.3) is 0 Å². The number of hydrogen-bond acceptors (Lipinski definition) is 5. The van der Waals surface area contributed by atoms with Gasteiger partial charge in [0.2, 0.25) is 0 Å². The fourth-order valence-corrected chi connectivity index (χ4v) is 2.88. The highest BCUT2D eigenvalue weighted by molar-refractivity contribution is 5.66. The highest BCUT2D eigenvalue weighted by atomic mass is 16.5. The Kier molecular flexibility index (Phi) is 4.65. The minimum Gasteiger partial charge on any atom is -0.495 e. The summed E-state index contributed by atoms with van der Waals surface area (Å²) in [6.45, 7) is 6.50. The van der Waals surface area contributed by atoms with Crippen molar-refractivity contribution in [2.24, 2.45) is 5.92 Å². The number of rotatable bonds is 4. The highest BCUT2D eigenvalue weighted by Crippen LogP contribution is 2.29. The second kappa shape index (κ2) is 6.86. The Morgan fingerprint density at radius 1 is 1.17 bits per heavy atom. The molecule has 0 radical (unpaired) electrons. The molecule has 0 spiro atoms. The Labute approximate surface area is 137 Å². The monoisotopic (exact) mass is 312 g/mol. The van der Waals surface area contributed by atoms with Gasteiger partial charge in [-0.1, -0.05) is 13.0 Å². The topological polar surface area (TPSA) is 50.3 Å². The minimum atomic E-state index is 0.789. The van der Waals surface area contributed by atoms with Crippen LogP contribution in [0.4, 0.5) is 17.3 Å². The van der Waals surface area contributed by atoms with Crippen molar-refractivity contribution in [3.8, 4) is 5.75 Å². The van der Waals surface area contributed by atoms with Crippen molar-refractivity contribution in [1.29, 1.82) is 0 Å². The predicted molar refractivity (Wildman–Crippen MR) is 93.7 cm³/mol. The molecule has 1 N–H and O–H groups in total. The molecule has 0 unspecified atom stereocenters. The van der Waals surface area contributed by atoms with Crippen LogP contribution < -0.4 is 15.0 Å². The summed E-state index contributed by atoms with van der Waals surface area (Å²) >= 11 is 0. The number of anilines is 3. The van der Waals surface area contributed by atoms with Gasteiger partial charge in [-0.05, 0) is 43.4 Å². The molecule has 1 aromatic heterocycles. The van der Waals surface area contributed by atoms with E-state index in [0.29, 0.717) is 0 Å². The van der Waals surface area contributed by atoms with Crippen LogP contribution >= 0.6 is 0 Å². The van der Waals surface area contributed by atoms with E-state index in [4.69, 9.17) is 4.74 Å². The van der Waals surface area contributed by atoms with E-state index < -0.39 is 0 Å². The second-order valence-corrected chi connectivity index (χ2v) is 6.26. The van der Waals surface area contributed by atoms with Crippen molar-refractivity contribution in [3.63, 3.8) is 0 Å². The molecule has 1 fully saturated rings. The van der Waals surface area contributed by atoms with Gasteiger partial charge in [-0.25, -0.2) is 9.97 Å². The van der Waals surface area contributed by atoms with Gasteiger partial charge >= 0.3 is 0 Å². The molecule has 122 valence electrons. The second-order valence-electron chi connectivity index (χ2n) is 6.26. The Hall–Kier alpha value is -2.30. The molecular weight excluding hydrogens is 288 g/mol. The zero-order chi connectivity index (χ0) is 16.2. The largest absolute Gasteiger partial charge is 0.495 e. The van der Waals surface area contributed by atoms with Crippen LogP contribution in [-0.2, 0) is 0 Å². The number of aryl methyl sites for hydroxylation is 1. The molecule has 5 nitrogen and oxygen atoms in total. The van der Waals surface area contributed by atoms with Crippen LogP contribution in [0, 0.1) is 12.8 Å². The zero-order valence-electron chi connectivity index (χ0n) is 14.0. The summed E-state index contributed by atoms with van der Waals surface area (Å²) in [5, 5.41) is 3.35. The van der Waals surface area contributed by atoms with Gasteiger partial charge in [0.05, 0.1) is 12.8 Å². The number of hydrogen-bond donors (Lipinski definition) is 1.